The number of thiophene rings is 1. The van der Waals surface area contributed by atoms with E-state index in [4.69, 9.17) is 23.2 Å². The quantitative estimate of drug-likeness (QED) is 0.316. The summed E-state index contributed by atoms with van der Waals surface area (Å²) in [4.78, 5) is 29.1. The lowest BCUT2D eigenvalue weighted by Gasteiger charge is -2.24. The molecule has 2 heterocycles. The van der Waals surface area contributed by atoms with E-state index in [2.05, 4.69) is 5.32 Å². The molecule has 0 spiro atoms. The van der Waals surface area contributed by atoms with Crippen molar-refractivity contribution >= 4 is 57.7 Å². The third-order valence-corrected chi connectivity index (χ3v) is 7.28. The lowest BCUT2D eigenvalue weighted by atomic mass is 10.1. The van der Waals surface area contributed by atoms with Gasteiger partial charge in [0.2, 0.25) is 0 Å². The van der Waals surface area contributed by atoms with Crippen LogP contribution in [0.4, 0.5) is 15.8 Å². The number of nitrogens with zero attached hydrogens (tertiary/aromatic N) is 1. The van der Waals surface area contributed by atoms with Gasteiger partial charge in [-0.25, -0.2) is 4.39 Å². The molecule has 0 bridgehead atoms. The third kappa shape index (κ3) is 4.32. The van der Waals surface area contributed by atoms with Crippen molar-refractivity contribution in [2.75, 3.05) is 10.2 Å². The molecule has 0 fully saturated rings. The van der Waals surface area contributed by atoms with Crippen LogP contribution in [0.5, 0.6) is 0 Å². The van der Waals surface area contributed by atoms with Crippen LogP contribution in [-0.2, 0) is 13.0 Å². The first-order valence-corrected chi connectivity index (χ1v) is 12.1. The fourth-order valence-electron chi connectivity index (χ4n) is 3.98. The van der Waals surface area contributed by atoms with Crippen molar-refractivity contribution in [3.8, 4) is 0 Å². The maximum Gasteiger partial charge on any atom is 0.260 e. The van der Waals surface area contributed by atoms with Crippen molar-refractivity contribution in [3.63, 3.8) is 0 Å². The zero-order valence-electron chi connectivity index (χ0n) is 17.6. The Hall–Kier alpha value is -3.19. The molecule has 5 rings (SSSR count). The zero-order chi connectivity index (χ0) is 23.8. The van der Waals surface area contributed by atoms with Gasteiger partial charge in [-0.2, -0.15) is 0 Å². The molecule has 0 radical (unpaired) electrons. The van der Waals surface area contributed by atoms with Crippen LogP contribution in [0.1, 0.15) is 36.7 Å². The summed E-state index contributed by atoms with van der Waals surface area (Å²) in [5, 5.41) is 5.01. The summed E-state index contributed by atoms with van der Waals surface area (Å²) in [6.45, 7) is 0.446. The largest absolute Gasteiger partial charge is 0.322 e. The number of fused-ring (bicyclic) bond motifs is 2. The first-order valence-electron chi connectivity index (χ1n) is 10.4. The molecule has 4 nitrogen and oxygen atoms in total. The standard InChI is InChI=1S/C26H17Cl2FN2O2S/c27-21-8-5-17(29)12-20(21)25(32)30-18-6-7-19(22(28)13-18)26(33)31-14-16-9-10-34-24(16)11-15-3-1-2-4-23(15)31/h1-10,12-13H,11,14H2,(H,30,32). The maximum absolute atomic E-state index is 13.6. The summed E-state index contributed by atoms with van der Waals surface area (Å²) < 4.78 is 13.5. The first kappa shape index (κ1) is 22.6. The van der Waals surface area contributed by atoms with E-state index in [9.17, 15) is 14.0 Å². The first-order chi connectivity index (χ1) is 16.4. The van der Waals surface area contributed by atoms with E-state index in [0.717, 1.165) is 29.3 Å². The monoisotopic (exact) mass is 510 g/mol. The molecular formula is C26H17Cl2FN2O2S. The summed E-state index contributed by atoms with van der Waals surface area (Å²) in [6, 6.07) is 18.1. The van der Waals surface area contributed by atoms with Crippen LogP contribution < -0.4 is 10.2 Å². The van der Waals surface area contributed by atoms with Gasteiger partial charge in [0.25, 0.3) is 11.8 Å². The normalized spacial score (nSPS) is 12.5. The fourth-order valence-corrected chi connectivity index (χ4v) is 5.36. The number of para-hydroxylation sites is 1. The minimum Gasteiger partial charge on any atom is -0.322 e. The Kier molecular flexibility index (Phi) is 6.13. The highest BCUT2D eigenvalue weighted by atomic mass is 35.5. The number of hydrogen-bond donors (Lipinski definition) is 1. The van der Waals surface area contributed by atoms with Gasteiger partial charge >= 0.3 is 0 Å². The van der Waals surface area contributed by atoms with Crippen molar-refractivity contribution in [1.29, 1.82) is 0 Å². The van der Waals surface area contributed by atoms with Crippen LogP contribution in [0.15, 0.2) is 72.1 Å². The smallest absolute Gasteiger partial charge is 0.260 e. The molecule has 0 unspecified atom stereocenters. The number of carbonyl (C=O) groups is 2. The molecule has 1 aliphatic heterocycles. The molecule has 0 saturated heterocycles. The molecule has 2 amide bonds. The highest BCUT2D eigenvalue weighted by Gasteiger charge is 2.27. The Morgan fingerprint density at radius 1 is 0.912 bits per heavy atom. The Morgan fingerprint density at radius 3 is 2.56 bits per heavy atom. The van der Waals surface area contributed by atoms with Gasteiger partial charge in [-0.15, -0.1) is 11.3 Å². The predicted molar refractivity (Wildman–Crippen MR) is 135 cm³/mol. The van der Waals surface area contributed by atoms with Crippen LogP contribution in [0, 0.1) is 5.82 Å². The van der Waals surface area contributed by atoms with Gasteiger partial charge in [-0.05, 0) is 65.0 Å². The number of anilines is 2. The third-order valence-electron chi connectivity index (χ3n) is 5.68. The number of halogens is 3. The number of rotatable bonds is 3. The molecule has 0 saturated carbocycles. The van der Waals surface area contributed by atoms with Gasteiger partial charge in [-0.1, -0.05) is 41.4 Å². The molecule has 4 aromatic rings. The molecule has 1 aromatic heterocycles. The van der Waals surface area contributed by atoms with Gasteiger partial charge in [0.15, 0.2) is 0 Å². The van der Waals surface area contributed by atoms with E-state index < -0.39 is 11.7 Å². The minimum absolute atomic E-state index is 0.00526. The van der Waals surface area contributed by atoms with E-state index in [1.807, 2.05) is 35.7 Å². The topological polar surface area (TPSA) is 49.4 Å². The van der Waals surface area contributed by atoms with E-state index in [-0.39, 0.29) is 21.5 Å². The summed E-state index contributed by atoms with van der Waals surface area (Å²) in [5.74, 6) is -1.38. The Labute approximate surface area is 209 Å². The average Bonchev–Trinajstić information content (AvgIpc) is 3.19. The molecule has 34 heavy (non-hydrogen) atoms. The summed E-state index contributed by atoms with van der Waals surface area (Å²) in [6.07, 6.45) is 0.772. The second-order valence-electron chi connectivity index (χ2n) is 7.84. The molecule has 170 valence electrons. The van der Waals surface area contributed by atoms with Crippen molar-refractivity contribution in [2.45, 2.75) is 13.0 Å². The summed E-state index contributed by atoms with van der Waals surface area (Å²) >= 11 is 14.2. The molecule has 0 aliphatic carbocycles. The predicted octanol–water partition coefficient (Wildman–Crippen LogP) is 7.20. The number of hydrogen-bond acceptors (Lipinski definition) is 3. The summed E-state index contributed by atoms with van der Waals surface area (Å²) in [7, 11) is 0. The van der Waals surface area contributed by atoms with E-state index >= 15 is 0 Å². The van der Waals surface area contributed by atoms with E-state index in [0.29, 0.717) is 17.8 Å². The second-order valence-corrected chi connectivity index (χ2v) is 9.65. The van der Waals surface area contributed by atoms with Gasteiger partial charge < -0.3 is 10.2 Å². The van der Waals surface area contributed by atoms with Crippen molar-refractivity contribution in [2.24, 2.45) is 0 Å². The zero-order valence-corrected chi connectivity index (χ0v) is 20.0. The molecule has 1 aliphatic rings. The van der Waals surface area contributed by atoms with Gasteiger partial charge in [-0.3, -0.25) is 9.59 Å². The number of benzene rings is 3. The highest BCUT2D eigenvalue weighted by molar-refractivity contribution is 7.10. The highest BCUT2D eigenvalue weighted by Crippen LogP contribution is 2.35. The molecular weight excluding hydrogens is 494 g/mol. The average molecular weight is 511 g/mol. The van der Waals surface area contributed by atoms with Gasteiger partial charge in [0.1, 0.15) is 5.82 Å². The summed E-state index contributed by atoms with van der Waals surface area (Å²) in [5.41, 5.74) is 3.72. The SMILES string of the molecule is O=C(Nc1ccc(C(=O)N2Cc3ccsc3Cc3ccccc32)c(Cl)c1)c1cc(F)ccc1Cl. The van der Waals surface area contributed by atoms with Crippen LogP contribution in [0.25, 0.3) is 0 Å². The van der Waals surface area contributed by atoms with Crippen LogP contribution in [-0.4, -0.2) is 11.8 Å². The Bertz CT molecular complexity index is 1440. The van der Waals surface area contributed by atoms with Crippen LogP contribution in [0.3, 0.4) is 0 Å². The number of amides is 2. The van der Waals surface area contributed by atoms with Gasteiger partial charge in [0.05, 0.1) is 27.7 Å². The Morgan fingerprint density at radius 2 is 1.74 bits per heavy atom. The second kappa shape index (κ2) is 9.22. The van der Waals surface area contributed by atoms with Crippen molar-refractivity contribution in [3.05, 3.63) is 115 Å². The number of carbonyl (C=O) groups excluding carboxylic acids is 2. The van der Waals surface area contributed by atoms with Gasteiger partial charge in [0, 0.05) is 22.7 Å². The molecule has 1 N–H and O–H groups in total. The molecule has 0 atom stereocenters. The maximum atomic E-state index is 13.6. The molecule has 3 aromatic carbocycles. The lowest BCUT2D eigenvalue weighted by molar-refractivity contribution is 0.0984. The van der Waals surface area contributed by atoms with Crippen LogP contribution >= 0.6 is 34.5 Å². The van der Waals surface area contributed by atoms with Crippen molar-refractivity contribution in [1.82, 2.24) is 0 Å². The van der Waals surface area contributed by atoms with E-state index in [1.165, 1.54) is 23.1 Å². The number of nitrogens with one attached hydrogen (secondary N) is 1. The van der Waals surface area contributed by atoms with Crippen LogP contribution in [0.2, 0.25) is 10.0 Å². The molecule has 8 heteroatoms. The fraction of sp³-hybridized carbons (Fsp3) is 0.0769. The minimum atomic E-state index is -0.578. The van der Waals surface area contributed by atoms with Crippen molar-refractivity contribution < 1.29 is 14.0 Å². The van der Waals surface area contributed by atoms with E-state index in [1.54, 1.807) is 28.4 Å². The lowest BCUT2D eigenvalue weighted by Crippen LogP contribution is -2.30. The Balaban J connectivity index is 1.43.